The molecule has 1 unspecified atom stereocenters. The van der Waals surface area contributed by atoms with Crippen LogP contribution in [0.2, 0.25) is 0 Å². The Hall–Kier alpha value is -1.76. The first-order valence-electron chi connectivity index (χ1n) is 5.47. The highest BCUT2D eigenvalue weighted by molar-refractivity contribution is 9.09. The zero-order chi connectivity index (χ0) is 14.2. The number of alkyl halides is 1. The van der Waals surface area contributed by atoms with Crippen LogP contribution in [0.5, 0.6) is 11.5 Å². The smallest absolute Gasteiger partial charge is 0.453 e. The molecule has 19 heavy (non-hydrogen) atoms. The van der Waals surface area contributed by atoms with Gasteiger partial charge in [-0.1, -0.05) is 28.9 Å². The van der Waals surface area contributed by atoms with E-state index >= 15 is 0 Å². The number of aliphatic carboxylic acids is 2. The van der Waals surface area contributed by atoms with E-state index < -0.39 is 17.7 Å². The number of benzene rings is 1. The molecule has 0 amide bonds. The van der Waals surface area contributed by atoms with Crippen LogP contribution in [0.25, 0.3) is 0 Å². The molecule has 6 nitrogen and oxygen atoms in total. The van der Waals surface area contributed by atoms with Crippen molar-refractivity contribution in [3.8, 4) is 11.5 Å². The quantitative estimate of drug-likeness (QED) is 0.644. The molecule has 2 N–H and O–H groups in total. The van der Waals surface area contributed by atoms with Gasteiger partial charge < -0.3 is 19.7 Å². The Morgan fingerprint density at radius 1 is 1.26 bits per heavy atom. The van der Waals surface area contributed by atoms with Crippen LogP contribution in [-0.4, -0.2) is 32.8 Å². The molecule has 7 heteroatoms. The Bertz CT molecular complexity index is 525. The minimum absolute atomic E-state index is 0.107. The third-order valence-electron chi connectivity index (χ3n) is 2.60. The van der Waals surface area contributed by atoms with Crippen molar-refractivity contribution in [2.45, 2.75) is 24.0 Å². The fraction of sp³-hybridized carbons (Fsp3) is 0.333. The van der Waals surface area contributed by atoms with E-state index in [1.54, 1.807) is 12.1 Å². The van der Waals surface area contributed by atoms with E-state index in [9.17, 15) is 9.59 Å². The highest BCUT2D eigenvalue weighted by Crippen LogP contribution is 2.40. The number of carboxylic acid groups (broad SMARTS) is 2. The number of hydrogen-bond acceptors (Lipinski definition) is 4. The molecule has 1 aliphatic heterocycles. The highest BCUT2D eigenvalue weighted by Gasteiger charge is 2.57. The van der Waals surface area contributed by atoms with Crippen molar-refractivity contribution < 1.29 is 29.3 Å². The summed E-state index contributed by atoms with van der Waals surface area (Å²) in [5.41, 5.74) is 0.887. The summed E-state index contributed by atoms with van der Waals surface area (Å²) in [6.07, 6.45) is 0.698. The van der Waals surface area contributed by atoms with Crippen LogP contribution < -0.4 is 9.47 Å². The summed E-state index contributed by atoms with van der Waals surface area (Å²) in [7, 11) is 0. The van der Waals surface area contributed by atoms with Crippen LogP contribution in [0.4, 0.5) is 0 Å². The fourth-order valence-electron chi connectivity index (χ4n) is 1.76. The fourth-order valence-corrected chi connectivity index (χ4v) is 2.14. The molecule has 1 heterocycles. The third kappa shape index (κ3) is 2.37. The maximum absolute atomic E-state index is 11.1. The maximum Gasteiger partial charge on any atom is 0.453 e. The first kappa shape index (κ1) is 13.7. The topological polar surface area (TPSA) is 93.1 Å². The predicted octanol–water partition coefficient (Wildman–Crippen LogP) is 1.65. The van der Waals surface area contributed by atoms with E-state index in [2.05, 4.69) is 15.9 Å². The van der Waals surface area contributed by atoms with Crippen molar-refractivity contribution in [2.75, 3.05) is 0 Å². The molecule has 1 atom stereocenters. The minimum atomic E-state index is -2.69. The van der Waals surface area contributed by atoms with Gasteiger partial charge in [-0.2, -0.15) is 0 Å². The Morgan fingerprint density at radius 3 is 2.37 bits per heavy atom. The Balaban J connectivity index is 2.34. The number of ether oxygens (including phenoxy) is 2. The van der Waals surface area contributed by atoms with Crippen LogP contribution in [0.1, 0.15) is 12.5 Å². The lowest BCUT2D eigenvalue weighted by Gasteiger charge is -2.16. The third-order valence-corrected chi connectivity index (χ3v) is 2.92. The first-order valence-corrected chi connectivity index (χ1v) is 6.38. The van der Waals surface area contributed by atoms with Gasteiger partial charge in [0.2, 0.25) is 0 Å². The lowest BCUT2D eigenvalue weighted by atomic mass is 10.1. The summed E-state index contributed by atoms with van der Waals surface area (Å²) >= 11 is 3.40. The lowest BCUT2D eigenvalue weighted by molar-refractivity contribution is -0.194. The molecule has 1 aromatic rings. The van der Waals surface area contributed by atoms with Crippen LogP contribution in [0.3, 0.4) is 0 Å². The zero-order valence-electron chi connectivity index (χ0n) is 9.92. The van der Waals surface area contributed by atoms with Gasteiger partial charge in [-0.05, 0) is 24.1 Å². The summed E-state index contributed by atoms with van der Waals surface area (Å²) in [5, 5.41) is 18.0. The van der Waals surface area contributed by atoms with Crippen molar-refractivity contribution in [3.63, 3.8) is 0 Å². The van der Waals surface area contributed by atoms with E-state index in [4.69, 9.17) is 19.7 Å². The van der Waals surface area contributed by atoms with Gasteiger partial charge in [0.15, 0.2) is 11.5 Å². The number of rotatable bonds is 4. The second kappa shape index (κ2) is 4.73. The second-order valence-corrected chi connectivity index (χ2v) is 5.76. The molecule has 0 radical (unpaired) electrons. The van der Waals surface area contributed by atoms with Gasteiger partial charge in [0, 0.05) is 4.83 Å². The number of carbonyl (C=O) groups is 2. The van der Waals surface area contributed by atoms with E-state index in [0.29, 0.717) is 6.42 Å². The lowest BCUT2D eigenvalue weighted by Crippen LogP contribution is -2.54. The molecule has 0 saturated carbocycles. The molecule has 0 aromatic heterocycles. The molecule has 2 rings (SSSR count). The van der Waals surface area contributed by atoms with Crippen LogP contribution >= 0.6 is 15.9 Å². The molecule has 102 valence electrons. The number of hydrogen-bond donors (Lipinski definition) is 2. The second-order valence-electron chi connectivity index (χ2n) is 4.20. The molecule has 0 bridgehead atoms. The van der Waals surface area contributed by atoms with Gasteiger partial charge in [0.25, 0.3) is 0 Å². The molecule has 0 spiro atoms. The summed E-state index contributed by atoms with van der Waals surface area (Å²) < 4.78 is 9.95. The van der Waals surface area contributed by atoms with Gasteiger partial charge >= 0.3 is 17.7 Å². The van der Waals surface area contributed by atoms with Gasteiger partial charge in [-0.15, -0.1) is 0 Å². The average molecular weight is 331 g/mol. The standard InChI is InChI=1S/C12H11BrO6/c1-6(13)4-7-2-3-8-9(5-7)19-12(18-8,10(14)15)11(16)17/h2-3,5-6H,4H2,1H3,(H,14,15)(H,16,17). The minimum Gasteiger partial charge on any atom is -0.475 e. The molecule has 0 fully saturated rings. The van der Waals surface area contributed by atoms with Crippen molar-refractivity contribution >= 4 is 27.9 Å². The summed E-state index contributed by atoms with van der Waals surface area (Å²) in [6.45, 7) is 1.96. The number of carboxylic acids is 2. The Morgan fingerprint density at radius 2 is 1.84 bits per heavy atom. The van der Waals surface area contributed by atoms with Crippen molar-refractivity contribution in [1.82, 2.24) is 0 Å². The zero-order valence-corrected chi connectivity index (χ0v) is 11.5. The first-order chi connectivity index (χ1) is 8.85. The van der Waals surface area contributed by atoms with Gasteiger partial charge in [0.05, 0.1) is 0 Å². The Labute approximate surface area is 117 Å². The van der Waals surface area contributed by atoms with Crippen LogP contribution in [0.15, 0.2) is 18.2 Å². The molecular weight excluding hydrogens is 320 g/mol. The van der Waals surface area contributed by atoms with Crippen molar-refractivity contribution in [2.24, 2.45) is 0 Å². The van der Waals surface area contributed by atoms with Crippen LogP contribution in [-0.2, 0) is 16.0 Å². The van der Waals surface area contributed by atoms with E-state index in [1.807, 2.05) is 6.92 Å². The molecular formula is C12H11BrO6. The van der Waals surface area contributed by atoms with Gasteiger partial charge in [-0.25, -0.2) is 9.59 Å². The highest BCUT2D eigenvalue weighted by atomic mass is 79.9. The predicted molar refractivity (Wildman–Crippen MR) is 67.8 cm³/mol. The van der Waals surface area contributed by atoms with Crippen molar-refractivity contribution in [1.29, 1.82) is 0 Å². The normalized spacial score (nSPS) is 16.9. The van der Waals surface area contributed by atoms with Crippen LogP contribution in [0, 0.1) is 0 Å². The number of halogens is 1. The van der Waals surface area contributed by atoms with E-state index in [0.717, 1.165) is 5.56 Å². The van der Waals surface area contributed by atoms with Crippen molar-refractivity contribution in [3.05, 3.63) is 23.8 Å². The average Bonchev–Trinajstić information content (AvgIpc) is 2.68. The summed E-state index contributed by atoms with van der Waals surface area (Å²) in [4.78, 5) is 22.3. The van der Waals surface area contributed by atoms with Gasteiger partial charge in [-0.3, -0.25) is 0 Å². The largest absolute Gasteiger partial charge is 0.475 e. The summed E-state index contributed by atoms with van der Waals surface area (Å²) in [6, 6.07) is 4.83. The summed E-state index contributed by atoms with van der Waals surface area (Å²) in [5.74, 6) is -5.87. The maximum atomic E-state index is 11.1. The monoisotopic (exact) mass is 330 g/mol. The molecule has 1 aromatic carbocycles. The molecule has 0 saturated heterocycles. The molecule has 0 aliphatic carbocycles. The number of fused-ring (bicyclic) bond motifs is 1. The SMILES string of the molecule is CC(Br)Cc1ccc2c(c1)OC(C(=O)O)(C(=O)O)O2. The Kier molecular flexibility index (Phi) is 3.40. The van der Waals surface area contributed by atoms with Gasteiger partial charge in [0.1, 0.15) is 0 Å². The van der Waals surface area contributed by atoms with E-state index in [-0.39, 0.29) is 16.3 Å². The van der Waals surface area contributed by atoms with E-state index in [1.165, 1.54) is 6.07 Å². The molecule has 1 aliphatic rings.